The fourth-order valence-corrected chi connectivity index (χ4v) is 3.15. The molecule has 0 atom stereocenters. The summed E-state index contributed by atoms with van der Waals surface area (Å²) in [7, 11) is 0. The Morgan fingerprint density at radius 2 is 1.14 bits per heavy atom. The lowest BCUT2D eigenvalue weighted by molar-refractivity contribution is -0.0505. The Balaban J connectivity index is 0.000000206. The van der Waals surface area contributed by atoms with Gasteiger partial charge in [0.2, 0.25) is 0 Å². The van der Waals surface area contributed by atoms with Gasteiger partial charge in [-0.2, -0.15) is 22.8 Å². The predicted octanol–water partition coefficient (Wildman–Crippen LogP) is 7.50. The summed E-state index contributed by atoms with van der Waals surface area (Å²) in [5.74, 6) is -1.15. The minimum absolute atomic E-state index is 0.00862. The molecule has 0 aliphatic heterocycles. The molecule has 0 fully saturated rings. The number of alkyl halides is 4. The third-order valence-electron chi connectivity index (χ3n) is 4.57. The van der Waals surface area contributed by atoms with Crippen molar-refractivity contribution in [3.63, 3.8) is 0 Å². The average molecular weight is 538 g/mol. The van der Waals surface area contributed by atoms with Crippen LogP contribution < -0.4 is 9.47 Å². The van der Waals surface area contributed by atoms with Crippen LogP contribution in [-0.4, -0.2) is 23.2 Å². The number of pyridine rings is 2. The van der Waals surface area contributed by atoms with Crippen LogP contribution >= 0.6 is 11.6 Å². The van der Waals surface area contributed by atoms with Gasteiger partial charge in [-0.05, 0) is 47.5 Å². The number of nitriles is 1. The monoisotopic (exact) mass is 537 g/mol. The van der Waals surface area contributed by atoms with Crippen LogP contribution in [0.25, 0.3) is 22.3 Å². The number of ether oxygens (including phenoxy) is 2. The van der Waals surface area contributed by atoms with E-state index in [0.29, 0.717) is 11.1 Å². The summed E-state index contributed by atoms with van der Waals surface area (Å²) in [6.07, 6.45) is 1.94. The predicted molar refractivity (Wildman–Crippen MR) is 122 cm³/mol. The van der Waals surface area contributed by atoms with E-state index in [1.807, 2.05) is 0 Å². The Morgan fingerprint density at radius 3 is 1.57 bits per heavy atom. The van der Waals surface area contributed by atoms with Crippen molar-refractivity contribution in [1.82, 2.24) is 9.97 Å². The van der Waals surface area contributed by atoms with Crippen LogP contribution in [0.15, 0.2) is 73.1 Å². The molecule has 0 aliphatic rings. The minimum atomic E-state index is -2.91. The van der Waals surface area contributed by atoms with E-state index in [9.17, 15) is 26.3 Å². The molecule has 2 heterocycles. The van der Waals surface area contributed by atoms with Crippen molar-refractivity contribution in [3.8, 4) is 39.8 Å². The lowest BCUT2D eigenvalue weighted by Gasteiger charge is -2.06. The first-order chi connectivity index (χ1) is 17.7. The summed E-state index contributed by atoms with van der Waals surface area (Å²) in [6.45, 7) is -5.79. The zero-order valence-corrected chi connectivity index (χ0v) is 19.1. The molecule has 12 heteroatoms. The fourth-order valence-electron chi connectivity index (χ4n) is 2.99. The number of aromatic nitrogens is 2. The fraction of sp³-hybridized carbons (Fsp3) is 0.0800. The summed E-state index contributed by atoms with van der Waals surface area (Å²) < 4.78 is 83.3. The SMILES string of the molecule is Fc1cnc(Cl)cc1-c1ccc(OC(F)F)cc1.N#Cc1cc(-c2ccc(OC(F)F)cc2)c(F)cn1. The molecule has 190 valence electrons. The number of benzene rings is 2. The van der Waals surface area contributed by atoms with Crippen molar-refractivity contribution in [2.24, 2.45) is 0 Å². The Bertz CT molecular complexity index is 1380. The molecule has 0 saturated heterocycles. The average Bonchev–Trinajstić information content (AvgIpc) is 2.87. The first-order valence-corrected chi connectivity index (χ1v) is 10.5. The Labute approximate surface area is 211 Å². The van der Waals surface area contributed by atoms with E-state index >= 15 is 0 Å². The standard InChI is InChI=1S/C13H7F3N2O.C12H7ClF3NO/c14-12-7-18-9(6-17)5-11(12)8-1-3-10(4-2-8)19-13(15)16;13-11-5-9(10(14)6-17-11)7-1-3-8(4-2-7)18-12(15)16/h1-5,7,13H;1-6,12H. The summed E-state index contributed by atoms with van der Waals surface area (Å²) in [6, 6.07) is 15.5. The minimum Gasteiger partial charge on any atom is -0.435 e. The topological polar surface area (TPSA) is 68.0 Å². The molecule has 0 saturated carbocycles. The van der Waals surface area contributed by atoms with Gasteiger partial charge < -0.3 is 9.47 Å². The maximum Gasteiger partial charge on any atom is 0.387 e. The third-order valence-corrected chi connectivity index (χ3v) is 4.78. The van der Waals surface area contributed by atoms with E-state index in [2.05, 4.69) is 19.4 Å². The van der Waals surface area contributed by atoms with Crippen molar-refractivity contribution in [3.05, 3.63) is 95.5 Å². The van der Waals surface area contributed by atoms with E-state index in [1.165, 1.54) is 60.7 Å². The van der Waals surface area contributed by atoms with Gasteiger partial charge in [-0.15, -0.1) is 0 Å². The first kappa shape index (κ1) is 27.3. The van der Waals surface area contributed by atoms with Crippen molar-refractivity contribution in [1.29, 1.82) is 5.26 Å². The van der Waals surface area contributed by atoms with Gasteiger partial charge in [0.05, 0.1) is 12.4 Å². The van der Waals surface area contributed by atoms with Crippen molar-refractivity contribution < 1.29 is 35.8 Å². The summed E-state index contributed by atoms with van der Waals surface area (Å²) in [5.41, 5.74) is 1.44. The molecular weight excluding hydrogens is 524 g/mol. The maximum absolute atomic E-state index is 13.6. The lowest BCUT2D eigenvalue weighted by Crippen LogP contribution is -2.01. The second kappa shape index (κ2) is 12.6. The van der Waals surface area contributed by atoms with Crippen LogP contribution in [-0.2, 0) is 0 Å². The van der Waals surface area contributed by atoms with Crippen molar-refractivity contribution >= 4 is 11.6 Å². The van der Waals surface area contributed by atoms with Gasteiger partial charge in [-0.1, -0.05) is 35.9 Å². The number of hydrogen-bond donors (Lipinski definition) is 0. The van der Waals surface area contributed by atoms with Crippen LogP contribution in [0.2, 0.25) is 5.15 Å². The van der Waals surface area contributed by atoms with Crippen LogP contribution in [0.3, 0.4) is 0 Å². The highest BCUT2D eigenvalue weighted by Crippen LogP contribution is 2.27. The molecule has 0 spiro atoms. The van der Waals surface area contributed by atoms with E-state index in [-0.39, 0.29) is 33.5 Å². The van der Waals surface area contributed by atoms with Crippen molar-refractivity contribution in [2.45, 2.75) is 13.2 Å². The number of hydrogen-bond acceptors (Lipinski definition) is 5. The lowest BCUT2D eigenvalue weighted by atomic mass is 10.1. The highest BCUT2D eigenvalue weighted by molar-refractivity contribution is 6.29. The molecule has 4 aromatic rings. The number of rotatable bonds is 6. The number of halogens is 7. The van der Waals surface area contributed by atoms with Crippen LogP contribution in [0.4, 0.5) is 26.3 Å². The zero-order chi connectivity index (χ0) is 26.9. The van der Waals surface area contributed by atoms with Crippen molar-refractivity contribution in [2.75, 3.05) is 0 Å². The molecule has 0 unspecified atom stereocenters. The first-order valence-electron chi connectivity index (χ1n) is 10.1. The normalized spacial score (nSPS) is 10.5. The van der Waals surface area contributed by atoms with Gasteiger partial charge in [0.1, 0.15) is 40.0 Å². The molecule has 0 amide bonds. The van der Waals surface area contributed by atoms with E-state index < -0.39 is 24.9 Å². The smallest absolute Gasteiger partial charge is 0.387 e. The van der Waals surface area contributed by atoms with E-state index in [1.54, 1.807) is 6.07 Å². The highest BCUT2D eigenvalue weighted by atomic mass is 35.5. The Kier molecular flexibility index (Phi) is 9.29. The maximum atomic E-state index is 13.6. The molecule has 0 radical (unpaired) electrons. The summed E-state index contributed by atoms with van der Waals surface area (Å²) >= 11 is 5.67. The molecule has 5 nitrogen and oxygen atoms in total. The van der Waals surface area contributed by atoms with Crippen LogP contribution in [0, 0.1) is 23.0 Å². The molecule has 0 N–H and O–H groups in total. The van der Waals surface area contributed by atoms with Gasteiger partial charge in [0.25, 0.3) is 0 Å². The molecule has 4 rings (SSSR count). The molecular formula is C25H14ClF6N3O2. The summed E-state index contributed by atoms with van der Waals surface area (Å²) in [4.78, 5) is 7.17. The Hall–Kier alpha value is -4.30. The molecule has 0 aliphatic carbocycles. The van der Waals surface area contributed by atoms with Gasteiger partial charge in [0, 0.05) is 11.1 Å². The largest absolute Gasteiger partial charge is 0.435 e. The quantitative estimate of drug-likeness (QED) is 0.188. The van der Waals surface area contributed by atoms with E-state index in [4.69, 9.17) is 16.9 Å². The molecule has 2 aromatic carbocycles. The van der Waals surface area contributed by atoms with Crippen LogP contribution in [0.1, 0.15) is 5.69 Å². The third kappa shape index (κ3) is 7.85. The number of nitrogens with zero attached hydrogens (tertiary/aromatic N) is 3. The van der Waals surface area contributed by atoms with Gasteiger partial charge in [-0.25, -0.2) is 18.7 Å². The van der Waals surface area contributed by atoms with Gasteiger partial charge in [0.15, 0.2) is 0 Å². The van der Waals surface area contributed by atoms with Crippen LogP contribution in [0.5, 0.6) is 11.5 Å². The zero-order valence-electron chi connectivity index (χ0n) is 18.4. The van der Waals surface area contributed by atoms with Gasteiger partial charge >= 0.3 is 13.2 Å². The summed E-state index contributed by atoms with van der Waals surface area (Å²) in [5, 5.41) is 8.86. The molecule has 2 aromatic heterocycles. The second-order valence-electron chi connectivity index (χ2n) is 6.95. The van der Waals surface area contributed by atoms with E-state index in [0.717, 1.165) is 12.4 Å². The Morgan fingerprint density at radius 1 is 0.703 bits per heavy atom. The molecule has 37 heavy (non-hydrogen) atoms. The second-order valence-corrected chi connectivity index (χ2v) is 7.34. The van der Waals surface area contributed by atoms with Gasteiger partial charge in [-0.3, -0.25) is 0 Å². The highest BCUT2D eigenvalue weighted by Gasteiger charge is 2.10. The molecule has 0 bridgehead atoms.